The highest BCUT2D eigenvalue weighted by Gasteiger charge is 2.47. The summed E-state index contributed by atoms with van der Waals surface area (Å²) in [5.41, 5.74) is 6.43. The summed E-state index contributed by atoms with van der Waals surface area (Å²) >= 11 is 0. The van der Waals surface area contributed by atoms with Crippen molar-refractivity contribution in [2.24, 2.45) is 11.8 Å². The van der Waals surface area contributed by atoms with Gasteiger partial charge in [-0.3, -0.25) is 4.79 Å². The summed E-state index contributed by atoms with van der Waals surface area (Å²) in [4.78, 5) is 29.6. The number of rotatable bonds is 3. The number of aliphatic hydroxyl groups is 1. The van der Waals surface area contributed by atoms with E-state index in [0.29, 0.717) is 36.4 Å². The maximum atomic E-state index is 13.6. The first kappa shape index (κ1) is 22.4. The van der Waals surface area contributed by atoms with Crippen LogP contribution in [0.3, 0.4) is 0 Å². The van der Waals surface area contributed by atoms with E-state index in [9.17, 15) is 9.90 Å². The zero-order valence-electron chi connectivity index (χ0n) is 21.9. The van der Waals surface area contributed by atoms with Gasteiger partial charge in [-0.15, -0.1) is 0 Å². The number of carbonyl (C=O) groups is 1. The van der Waals surface area contributed by atoms with Crippen LogP contribution in [0.2, 0.25) is 0 Å². The molecule has 2 aromatic carbocycles. The summed E-state index contributed by atoms with van der Waals surface area (Å²) in [6, 6.07) is 12.6. The van der Waals surface area contributed by atoms with Gasteiger partial charge in [0, 0.05) is 37.0 Å². The number of amides is 1. The number of nitrogens with zero attached hydrogens (tertiary/aromatic N) is 5. The van der Waals surface area contributed by atoms with E-state index in [2.05, 4.69) is 58.7 Å². The van der Waals surface area contributed by atoms with Crippen molar-refractivity contribution < 1.29 is 9.90 Å². The van der Waals surface area contributed by atoms with Crippen LogP contribution in [0.25, 0.3) is 22.2 Å². The first-order valence-corrected chi connectivity index (χ1v) is 13.8. The van der Waals surface area contributed by atoms with Gasteiger partial charge in [0.15, 0.2) is 5.82 Å². The van der Waals surface area contributed by atoms with Crippen molar-refractivity contribution in [1.82, 2.24) is 24.4 Å². The predicted octanol–water partition coefficient (Wildman–Crippen LogP) is 5.35. The average molecular weight is 506 g/mol. The Hall–Kier alpha value is -3.58. The first-order chi connectivity index (χ1) is 18.3. The van der Waals surface area contributed by atoms with E-state index in [1.165, 1.54) is 17.5 Å². The largest absolute Gasteiger partial charge is 0.382 e. The number of imidazole rings is 1. The molecule has 0 unspecified atom stereocenters. The Morgan fingerprint density at radius 1 is 1.00 bits per heavy atom. The Morgan fingerprint density at radius 2 is 1.76 bits per heavy atom. The van der Waals surface area contributed by atoms with Gasteiger partial charge in [-0.25, -0.2) is 15.0 Å². The highest BCUT2D eigenvalue weighted by Crippen LogP contribution is 2.54. The minimum absolute atomic E-state index is 0.0477. The van der Waals surface area contributed by atoms with Crippen molar-refractivity contribution >= 4 is 16.9 Å². The molecule has 0 spiro atoms. The van der Waals surface area contributed by atoms with Gasteiger partial charge in [0.25, 0.3) is 5.91 Å². The van der Waals surface area contributed by atoms with Crippen LogP contribution in [-0.4, -0.2) is 42.5 Å². The monoisotopic (exact) mass is 505 g/mol. The standard InChI is InChI=1S/C31H31N5O2/c1-16-12-31(38,13-16)30-32-14-19(15-33-30)18-7-8-23-24(10-18)36-25-11-26(28(36)34-23)35(3)29(37)21-6-4-5-20(27(21)25)22-9-17(22)2/h4-8,10,14-17,22,25-26,38H,9,11-13H2,1-3H3/t16?,17-,22-,25+,26+,31?/m0/s1. The molecular formula is C31H31N5O2. The lowest BCUT2D eigenvalue weighted by atomic mass is 9.71. The predicted molar refractivity (Wildman–Crippen MR) is 144 cm³/mol. The Morgan fingerprint density at radius 3 is 2.47 bits per heavy atom. The minimum Gasteiger partial charge on any atom is -0.382 e. The lowest BCUT2D eigenvalue weighted by molar-refractivity contribution is -0.0809. The molecule has 4 aromatic rings. The molecule has 4 heterocycles. The fraction of sp³-hybridized carbons (Fsp3) is 0.419. The minimum atomic E-state index is -0.891. The van der Waals surface area contributed by atoms with Crippen LogP contribution in [0, 0.1) is 11.8 Å². The van der Waals surface area contributed by atoms with Gasteiger partial charge in [0.1, 0.15) is 11.4 Å². The summed E-state index contributed by atoms with van der Waals surface area (Å²) in [7, 11) is 1.92. The molecule has 2 bridgehead atoms. The molecular weight excluding hydrogens is 474 g/mol. The van der Waals surface area contributed by atoms with E-state index in [0.717, 1.165) is 40.0 Å². The molecule has 7 heteroatoms. The van der Waals surface area contributed by atoms with Crippen molar-refractivity contribution in [3.63, 3.8) is 0 Å². The molecule has 38 heavy (non-hydrogen) atoms. The molecule has 0 saturated heterocycles. The van der Waals surface area contributed by atoms with E-state index in [4.69, 9.17) is 4.98 Å². The van der Waals surface area contributed by atoms with E-state index >= 15 is 0 Å². The molecule has 2 saturated carbocycles. The Balaban J connectivity index is 1.25. The molecule has 2 aliphatic carbocycles. The lowest BCUT2D eigenvalue weighted by Crippen LogP contribution is -2.41. The highest BCUT2D eigenvalue weighted by molar-refractivity contribution is 5.97. The Bertz CT molecular complexity index is 1630. The van der Waals surface area contributed by atoms with E-state index in [1.54, 1.807) is 0 Å². The van der Waals surface area contributed by atoms with E-state index < -0.39 is 5.60 Å². The van der Waals surface area contributed by atoms with Gasteiger partial charge in [-0.2, -0.15) is 0 Å². The molecule has 4 aliphatic rings. The molecule has 1 amide bonds. The summed E-state index contributed by atoms with van der Waals surface area (Å²) in [5.74, 6) is 3.27. The smallest absolute Gasteiger partial charge is 0.254 e. The van der Waals surface area contributed by atoms with Crippen molar-refractivity contribution in [3.05, 3.63) is 77.1 Å². The average Bonchev–Trinajstić information content (AvgIpc) is 3.38. The SMILES string of the molecule is CC1CC(O)(c2ncc(-c3ccc4nc5n(c4c3)[C@@H]3C[C@H]5N(C)C(=O)c4cccc([C@H]5C[C@@H]5C)c43)cn2)C1. The zero-order chi connectivity index (χ0) is 25.9. The highest BCUT2D eigenvalue weighted by atomic mass is 16.3. The number of carbonyl (C=O) groups excluding carboxylic acids is 1. The van der Waals surface area contributed by atoms with Gasteiger partial charge in [-0.1, -0.05) is 32.0 Å². The number of hydrogen-bond acceptors (Lipinski definition) is 5. The molecule has 7 nitrogen and oxygen atoms in total. The fourth-order valence-corrected chi connectivity index (χ4v) is 7.40. The van der Waals surface area contributed by atoms with Gasteiger partial charge >= 0.3 is 0 Å². The second-order valence-corrected chi connectivity index (χ2v) is 12.2. The van der Waals surface area contributed by atoms with Crippen LogP contribution in [0.15, 0.2) is 48.8 Å². The maximum absolute atomic E-state index is 13.6. The third-order valence-electron chi connectivity index (χ3n) is 9.55. The topological polar surface area (TPSA) is 84.1 Å². The third-order valence-corrected chi connectivity index (χ3v) is 9.55. The van der Waals surface area contributed by atoms with Crippen LogP contribution < -0.4 is 0 Å². The fourth-order valence-electron chi connectivity index (χ4n) is 7.40. The van der Waals surface area contributed by atoms with Crippen molar-refractivity contribution in [2.45, 2.75) is 63.1 Å². The molecule has 4 atom stereocenters. The second kappa shape index (κ2) is 7.50. The van der Waals surface area contributed by atoms with E-state index in [-0.39, 0.29) is 18.0 Å². The normalized spacial score (nSPS) is 31.1. The molecule has 0 radical (unpaired) electrons. The second-order valence-electron chi connectivity index (χ2n) is 12.2. The Labute approximate surface area is 221 Å². The summed E-state index contributed by atoms with van der Waals surface area (Å²) in [6.45, 7) is 4.44. The van der Waals surface area contributed by atoms with Gasteiger partial charge in [-0.05, 0) is 71.9 Å². The quantitative estimate of drug-likeness (QED) is 0.406. The summed E-state index contributed by atoms with van der Waals surface area (Å²) in [5, 5.41) is 10.8. The van der Waals surface area contributed by atoms with E-state index in [1.807, 2.05) is 30.4 Å². The maximum Gasteiger partial charge on any atom is 0.254 e. The Kier molecular flexibility index (Phi) is 4.42. The number of benzene rings is 2. The zero-order valence-corrected chi connectivity index (χ0v) is 21.9. The van der Waals surface area contributed by atoms with Crippen LogP contribution in [0.4, 0.5) is 0 Å². The van der Waals surface area contributed by atoms with Crippen molar-refractivity contribution in [3.8, 4) is 11.1 Å². The molecule has 1 N–H and O–H groups in total. The molecule has 8 rings (SSSR count). The van der Waals surface area contributed by atoms with Gasteiger partial charge in [0.05, 0.1) is 23.1 Å². The van der Waals surface area contributed by atoms with Crippen molar-refractivity contribution in [2.75, 3.05) is 7.05 Å². The van der Waals surface area contributed by atoms with Gasteiger partial charge < -0.3 is 14.6 Å². The van der Waals surface area contributed by atoms with Crippen LogP contribution >= 0.6 is 0 Å². The summed E-state index contributed by atoms with van der Waals surface area (Å²) < 4.78 is 2.38. The van der Waals surface area contributed by atoms with Crippen LogP contribution in [0.5, 0.6) is 0 Å². The number of fused-ring (bicyclic) bond motifs is 9. The third kappa shape index (κ3) is 2.99. The van der Waals surface area contributed by atoms with Gasteiger partial charge in [0.2, 0.25) is 0 Å². The number of aromatic nitrogens is 4. The van der Waals surface area contributed by atoms with Crippen molar-refractivity contribution in [1.29, 1.82) is 0 Å². The van der Waals surface area contributed by atoms with Crippen LogP contribution in [0.1, 0.15) is 90.7 Å². The molecule has 192 valence electrons. The molecule has 2 fully saturated rings. The van der Waals surface area contributed by atoms with Crippen LogP contribution in [-0.2, 0) is 5.60 Å². The summed E-state index contributed by atoms with van der Waals surface area (Å²) in [6.07, 6.45) is 7.10. The number of hydrogen-bond donors (Lipinski definition) is 1. The lowest BCUT2D eigenvalue weighted by Gasteiger charge is -2.40. The first-order valence-electron chi connectivity index (χ1n) is 13.8. The molecule has 2 aliphatic heterocycles. The molecule has 2 aromatic heterocycles.